The highest BCUT2D eigenvalue weighted by Gasteiger charge is 2.34. The van der Waals surface area contributed by atoms with Crippen LogP contribution in [0.25, 0.3) is 0 Å². The van der Waals surface area contributed by atoms with E-state index in [1.807, 2.05) is 42.5 Å². The second kappa shape index (κ2) is 9.32. The largest absolute Gasteiger partial charge is 0.464 e. The van der Waals surface area contributed by atoms with E-state index in [9.17, 15) is 9.90 Å². The smallest absolute Gasteiger partial charge is 0.330 e. The Morgan fingerprint density at radius 3 is 2.91 bits per heavy atom. The molecule has 5 rings (SSSR count). The van der Waals surface area contributed by atoms with Gasteiger partial charge in [0.05, 0.1) is 18.8 Å². The molecular weight excluding hydrogens is 502 g/mol. The monoisotopic (exact) mass is 523 g/mol. The fourth-order valence-electron chi connectivity index (χ4n) is 4.06. The van der Waals surface area contributed by atoms with Crippen molar-refractivity contribution in [2.24, 2.45) is 5.92 Å². The van der Waals surface area contributed by atoms with Gasteiger partial charge in [0.25, 0.3) is 0 Å². The van der Waals surface area contributed by atoms with E-state index in [0.29, 0.717) is 30.6 Å². The second-order valence-electron chi connectivity index (χ2n) is 7.85. The molecule has 0 bridgehead atoms. The molecule has 1 aromatic heterocycles. The van der Waals surface area contributed by atoms with Gasteiger partial charge in [0.15, 0.2) is 6.26 Å². The summed E-state index contributed by atoms with van der Waals surface area (Å²) in [6.07, 6.45) is 12.4. The molecule has 0 spiro atoms. The minimum Gasteiger partial charge on any atom is -0.464 e. The van der Waals surface area contributed by atoms with Gasteiger partial charge in [-0.3, -0.25) is 9.80 Å². The van der Waals surface area contributed by atoms with Crippen LogP contribution >= 0.6 is 15.9 Å². The first-order valence-electron chi connectivity index (χ1n) is 10.7. The molecule has 3 heterocycles. The molecule has 1 N–H and O–H groups in total. The molecule has 1 aliphatic carbocycles. The van der Waals surface area contributed by atoms with Crippen LogP contribution < -0.4 is 14.7 Å². The number of ether oxygens (including phenoxy) is 2. The zero-order valence-corrected chi connectivity index (χ0v) is 19.9. The minimum absolute atomic E-state index is 0.0547. The van der Waals surface area contributed by atoms with Crippen LogP contribution in [-0.4, -0.2) is 34.8 Å². The number of aliphatic hydroxyl groups excluding tert-OH is 1. The second-order valence-corrected chi connectivity index (χ2v) is 8.70. The zero-order valence-electron chi connectivity index (χ0n) is 18.3. The van der Waals surface area contributed by atoms with Crippen LogP contribution in [0.4, 0.5) is 22.2 Å². The average Bonchev–Trinajstić information content (AvgIpc) is 2.88. The molecule has 0 radical (unpaired) electrons. The third-order valence-electron chi connectivity index (χ3n) is 5.77. The van der Waals surface area contributed by atoms with Crippen LogP contribution in [-0.2, 0) is 16.0 Å². The zero-order chi connectivity index (χ0) is 23.7. The Labute approximate surface area is 205 Å². The van der Waals surface area contributed by atoms with E-state index in [1.165, 1.54) is 23.7 Å². The van der Waals surface area contributed by atoms with Crippen molar-refractivity contribution in [3.8, 4) is 0 Å². The van der Waals surface area contributed by atoms with Crippen molar-refractivity contribution in [1.29, 1.82) is 0 Å². The predicted molar refractivity (Wildman–Crippen MR) is 130 cm³/mol. The van der Waals surface area contributed by atoms with Gasteiger partial charge in [-0.05, 0) is 40.6 Å². The van der Waals surface area contributed by atoms with Gasteiger partial charge in [-0.25, -0.2) is 14.7 Å². The van der Waals surface area contributed by atoms with Crippen molar-refractivity contribution in [2.45, 2.75) is 13.0 Å². The maximum absolute atomic E-state index is 13.3. The van der Waals surface area contributed by atoms with Crippen LogP contribution in [0.15, 0.2) is 83.5 Å². The summed E-state index contributed by atoms with van der Waals surface area (Å²) in [5, 5.41) is 9.97. The van der Waals surface area contributed by atoms with Crippen molar-refractivity contribution in [1.82, 2.24) is 9.97 Å². The molecule has 34 heavy (non-hydrogen) atoms. The predicted octanol–water partition coefficient (Wildman–Crippen LogP) is 4.39. The summed E-state index contributed by atoms with van der Waals surface area (Å²) in [6.45, 7) is 0.276. The number of hydrogen-bond acceptors (Lipinski definition) is 7. The molecule has 0 fully saturated rings. The molecule has 9 nitrogen and oxygen atoms in total. The number of benzene rings is 1. The lowest BCUT2D eigenvalue weighted by atomic mass is 9.96. The van der Waals surface area contributed by atoms with Crippen molar-refractivity contribution in [3.63, 3.8) is 0 Å². The third-order valence-corrected chi connectivity index (χ3v) is 6.44. The van der Waals surface area contributed by atoms with Gasteiger partial charge in [-0.1, -0.05) is 24.3 Å². The molecular formula is C24H22BrN5O4. The van der Waals surface area contributed by atoms with Gasteiger partial charge in [0, 0.05) is 34.9 Å². The first-order valence-corrected chi connectivity index (χ1v) is 11.5. The molecule has 2 amide bonds. The lowest BCUT2D eigenvalue weighted by molar-refractivity contribution is 0.230. The Morgan fingerprint density at radius 1 is 1.29 bits per heavy atom. The van der Waals surface area contributed by atoms with Crippen LogP contribution in [0.2, 0.25) is 0 Å². The number of para-hydroxylation sites is 1. The molecule has 10 heteroatoms. The summed E-state index contributed by atoms with van der Waals surface area (Å²) in [7, 11) is 1.69. The Bertz CT molecular complexity index is 1240. The van der Waals surface area contributed by atoms with Gasteiger partial charge >= 0.3 is 6.03 Å². The van der Waals surface area contributed by atoms with E-state index in [2.05, 4.69) is 20.9 Å². The standard InChI is InChI=1S/C24H22BrN5O4/c1-28-22-17(13-29(24(28)32)20-9-5-3-7-18(20)25)12-26-23(27-22)30(21-15-33-10-11-34-21)19-8-4-2-6-16(19)14-31/h2-5,7-12,15-16,31H,6,13-14H2,1H3. The highest BCUT2D eigenvalue weighted by molar-refractivity contribution is 9.10. The topological polar surface area (TPSA) is 91.3 Å². The number of allylic oxidation sites excluding steroid dienone is 3. The number of rotatable bonds is 5. The summed E-state index contributed by atoms with van der Waals surface area (Å²) < 4.78 is 11.8. The number of aliphatic hydroxyl groups is 1. The van der Waals surface area contributed by atoms with E-state index >= 15 is 0 Å². The van der Waals surface area contributed by atoms with E-state index in [4.69, 9.17) is 14.5 Å². The lowest BCUT2D eigenvalue weighted by Crippen LogP contribution is -2.46. The van der Waals surface area contributed by atoms with E-state index in [0.717, 1.165) is 21.4 Å². The molecule has 1 atom stereocenters. The van der Waals surface area contributed by atoms with Gasteiger partial charge in [-0.2, -0.15) is 4.98 Å². The SMILES string of the molecule is CN1C(=O)N(c2ccccc2Br)Cc2cnc(N(C3=COC=CO3)C3=CC=CCC3CO)nc21. The van der Waals surface area contributed by atoms with Gasteiger partial charge in [0.1, 0.15) is 18.3 Å². The maximum atomic E-state index is 13.3. The maximum Gasteiger partial charge on any atom is 0.330 e. The summed E-state index contributed by atoms with van der Waals surface area (Å²) in [5.74, 6) is 0.981. The van der Waals surface area contributed by atoms with E-state index in [-0.39, 0.29) is 18.6 Å². The number of carbonyl (C=O) groups excluding carboxylic acids is 1. The Hall–Kier alpha value is -3.63. The summed E-state index contributed by atoms with van der Waals surface area (Å²) in [4.78, 5) is 27.5. The fraction of sp³-hybridized carbons (Fsp3) is 0.208. The minimum atomic E-state index is -0.206. The quantitative estimate of drug-likeness (QED) is 0.621. The third kappa shape index (κ3) is 3.95. The number of fused-ring (bicyclic) bond motifs is 1. The van der Waals surface area contributed by atoms with Crippen LogP contribution in [0, 0.1) is 5.92 Å². The summed E-state index contributed by atoms with van der Waals surface area (Å²) >= 11 is 3.53. The van der Waals surface area contributed by atoms with Crippen LogP contribution in [0.5, 0.6) is 0 Å². The van der Waals surface area contributed by atoms with Gasteiger partial charge in [0.2, 0.25) is 11.8 Å². The number of aromatic nitrogens is 2. The number of halogens is 1. The molecule has 3 aliphatic rings. The lowest BCUT2D eigenvalue weighted by Gasteiger charge is -2.36. The molecule has 1 aromatic carbocycles. The number of hydrogen-bond donors (Lipinski definition) is 1. The van der Waals surface area contributed by atoms with E-state index < -0.39 is 0 Å². The van der Waals surface area contributed by atoms with Crippen LogP contribution in [0.1, 0.15) is 12.0 Å². The average molecular weight is 524 g/mol. The van der Waals surface area contributed by atoms with Gasteiger partial charge < -0.3 is 14.6 Å². The normalized spacial score (nSPS) is 19.1. The molecule has 2 aliphatic heterocycles. The highest BCUT2D eigenvalue weighted by atomic mass is 79.9. The Kier molecular flexibility index (Phi) is 6.08. The number of urea groups is 1. The summed E-state index contributed by atoms with van der Waals surface area (Å²) in [6, 6.07) is 7.37. The molecule has 0 saturated heterocycles. The van der Waals surface area contributed by atoms with Crippen molar-refractivity contribution < 1.29 is 19.4 Å². The molecule has 2 aromatic rings. The number of nitrogens with zero attached hydrogens (tertiary/aromatic N) is 5. The highest BCUT2D eigenvalue weighted by Crippen LogP contribution is 2.36. The number of anilines is 3. The van der Waals surface area contributed by atoms with Crippen molar-refractivity contribution in [2.75, 3.05) is 28.4 Å². The first kappa shape index (κ1) is 22.2. The number of carbonyl (C=O) groups is 1. The van der Waals surface area contributed by atoms with Crippen LogP contribution in [0.3, 0.4) is 0 Å². The fourth-order valence-corrected chi connectivity index (χ4v) is 4.56. The molecule has 1 unspecified atom stereocenters. The van der Waals surface area contributed by atoms with E-state index in [1.54, 1.807) is 23.0 Å². The Balaban J connectivity index is 1.55. The Morgan fingerprint density at radius 2 is 2.15 bits per heavy atom. The van der Waals surface area contributed by atoms with Crippen molar-refractivity contribution in [3.05, 3.63) is 89.1 Å². The summed E-state index contributed by atoms with van der Waals surface area (Å²) in [5.41, 5.74) is 2.33. The molecule has 174 valence electrons. The number of amides is 2. The van der Waals surface area contributed by atoms with Crippen molar-refractivity contribution >= 4 is 39.4 Å². The first-order chi connectivity index (χ1) is 16.6. The van der Waals surface area contributed by atoms with Gasteiger partial charge in [-0.15, -0.1) is 0 Å². The molecule has 0 saturated carbocycles.